The molecule has 2 aromatic heterocycles. The van der Waals surface area contributed by atoms with E-state index in [9.17, 15) is 9.90 Å². The average Bonchev–Trinajstić information content (AvgIpc) is 3.18. The maximum Gasteiger partial charge on any atom is 0.251 e. The molecule has 0 saturated carbocycles. The number of carbonyl (C=O) groups is 1. The van der Waals surface area contributed by atoms with Gasteiger partial charge in [0, 0.05) is 31.2 Å². The number of benzene rings is 1. The summed E-state index contributed by atoms with van der Waals surface area (Å²) in [5, 5.41) is 20.3. The van der Waals surface area contributed by atoms with Crippen molar-refractivity contribution in [3.8, 4) is 5.75 Å². The van der Waals surface area contributed by atoms with Crippen LogP contribution in [0.2, 0.25) is 5.02 Å². The van der Waals surface area contributed by atoms with Gasteiger partial charge in [-0.3, -0.25) is 9.48 Å². The van der Waals surface area contributed by atoms with Crippen LogP contribution in [0.4, 0.5) is 11.6 Å². The number of hydrogen-bond acceptors (Lipinski definition) is 7. The quantitative estimate of drug-likeness (QED) is 0.451. The fraction of sp³-hybridized carbons (Fsp3) is 0.364. The largest absolute Gasteiger partial charge is 0.495 e. The molecule has 0 radical (unpaired) electrons. The van der Waals surface area contributed by atoms with Gasteiger partial charge in [-0.1, -0.05) is 11.6 Å². The van der Waals surface area contributed by atoms with Crippen LogP contribution in [0, 0.1) is 0 Å². The van der Waals surface area contributed by atoms with E-state index < -0.39 is 5.60 Å². The van der Waals surface area contributed by atoms with E-state index in [2.05, 4.69) is 25.7 Å². The third-order valence-corrected chi connectivity index (χ3v) is 5.08. The van der Waals surface area contributed by atoms with E-state index in [1.807, 2.05) is 0 Å². The number of nitrogens with zero attached hydrogens (tertiary/aromatic N) is 4. The van der Waals surface area contributed by atoms with Crippen molar-refractivity contribution in [2.45, 2.75) is 38.8 Å². The van der Waals surface area contributed by atoms with Crippen molar-refractivity contribution in [1.82, 2.24) is 25.1 Å². The minimum Gasteiger partial charge on any atom is -0.495 e. The van der Waals surface area contributed by atoms with Crippen molar-refractivity contribution >= 4 is 29.1 Å². The van der Waals surface area contributed by atoms with Gasteiger partial charge in [0.1, 0.15) is 5.75 Å². The fourth-order valence-electron chi connectivity index (χ4n) is 3.13. The summed E-state index contributed by atoms with van der Waals surface area (Å²) in [5.41, 5.74) is 2.10. The molecular formula is C22H27ClN6O3. The van der Waals surface area contributed by atoms with Crippen LogP contribution in [0.1, 0.15) is 35.3 Å². The van der Waals surface area contributed by atoms with Crippen molar-refractivity contribution in [3.05, 3.63) is 58.6 Å². The molecule has 0 unspecified atom stereocenters. The van der Waals surface area contributed by atoms with Crippen molar-refractivity contribution in [2.24, 2.45) is 0 Å². The Morgan fingerprint density at radius 1 is 1.22 bits per heavy atom. The summed E-state index contributed by atoms with van der Waals surface area (Å²) in [6.45, 7) is 3.83. The van der Waals surface area contributed by atoms with Gasteiger partial charge < -0.3 is 20.5 Å². The molecule has 0 spiro atoms. The SMILES string of the molecule is CNC(=O)c1cc(CCc2cnc(Nc3cnn(CC(C)(C)O)c3)nc2)c(Cl)c(OC)c1. The van der Waals surface area contributed by atoms with E-state index >= 15 is 0 Å². The number of carbonyl (C=O) groups excluding carboxylic acids is 1. The molecule has 0 saturated heterocycles. The van der Waals surface area contributed by atoms with Crippen LogP contribution in [0.25, 0.3) is 0 Å². The van der Waals surface area contributed by atoms with E-state index in [-0.39, 0.29) is 5.91 Å². The fourth-order valence-corrected chi connectivity index (χ4v) is 3.41. The summed E-state index contributed by atoms with van der Waals surface area (Å²) in [5.74, 6) is 0.701. The second-order valence-corrected chi connectivity index (χ2v) is 8.39. The van der Waals surface area contributed by atoms with Crippen LogP contribution < -0.4 is 15.4 Å². The molecule has 2 heterocycles. The molecule has 1 aromatic carbocycles. The van der Waals surface area contributed by atoms with Gasteiger partial charge in [-0.15, -0.1) is 0 Å². The lowest BCUT2D eigenvalue weighted by atomic mass is 10.0. The van der Waals surface area contributed by atoms with Gasteiger partial charge in [-0.25, -0.2) is 9.97 Å². The molecule has 0 bridgehead atoms. The Balaban J connectivity index is 1.65. The Hall–Kier alpha value is -3.17. The summed E-state index contributed by atoms with van der Waals surface area (Å²) in [6.07, 6.45) is 8.15. The molecule has 3 rings (SSSR count). The lowest BCUT2D eigenvalue weighted by Gasteiger charge is -2.16. The van der Waals surface area contributed by atoms with Crippen LogP contribution in [0.3, 0.4) is 0 Å². The summed E-state index contributed by atoms with van der Waals surface area (Å²) in [4.78, 5) is 20.7. The zero-order valence-corrected chi connectivity index (χ0v) is 19.3. The smallest absolute Gasteiger partial charge is 0.251 e. The monoisotopic (exact) mass is 458 g/mol. The third-order valence-electron chi connectivity index (χ3n) is 4.65. The molecule has 0 fully saturated rings. The Morgan fingerprint density at radius 3 is 2.56 bits per heavy atom. The van der Waals surface area contributed by atoms with Gasteiger partial charge in [0.25, 0.3) is 5.91 Å². The molecule has 1 amide bonds. The first-order valence-electron chi connectivity index (χ1n) is 10.1. The number of aryl methyl sites for hydroxylation is 2. The topological polar surface area (TPSA) is 114 Å². The standard InChI is InChI=1S/C22H27ClN6O3/c1-22(2,31)13-29-12-17(11-27-29)28-21-25-9-14(10-26-21)5-6-15-7-16(20(30)24-3)8-18(32-4)19(15)23/h7-12,31H,5-6,13H2,1-4H3,(H,24,30)(H,25,26,28). The maximum absolute atomic E-state index is 12.0. The Bertz CT molecular complexity index is 1080. The van der Waals surface area contributed by atoms with Crippen molar-refractivity contribution in [3.63, 3.8) is 0 Å². The summed E-state index contributed by atoms with van der Waals surface area (Å²) in [6, 6.07) is 3.39. The lowest BCUT2D eigenvalue weighted by Crippen LogP contribution is -2.26. The Labute approximate surface area is 191 Å². The molecule has 0 aliphatic carbocycles. The predicted octanol–water partition coefficient (Wildman–Crippen LogP) is 2.99. The highest BCUT2D eigenvalue weighted by molar-refractivity contribution is 6.33. The molecule has 170 valence electrons. The second kappa shape index (κ2) is 9.97. The summed E-state index contributed by atoms with van der Waals surface area (Å²) < 4.78 is 6.96. The number of aliphatic hydroxyl groups is 1. The lowest BCUT2D eigenvalue weighted by molar-refractivity contribution is 0.0577. The normalized spacial score (nSPS) is 11.3. The summed E-state index contributed by atoms with van der Waals surface area (Å²) in [7, 11) is 3.10. The van der Waals surface area contributed by atoms with Crippen LogP contribution in [0.5, 0.6) is 5.75 Å². The molecule has 9 nitrogen and oxygen atoms in total. The number of hydrogen-bond donors (Lipinski definition) is 3. The number of amides is 1. The minimum atomic E-state index is -0.853. The summed E-state index contributed by atoms with van der Waals surface area (Å²) >= 11 is 6.43. The second-order valence-electron chi connectivity index (χ2n) is 8.01. The van der Waals surface area contributed by atoms with E-state index in [0.717, 1.165) is 16.8 Å². The number of ether oxygens (including phenoxy) is 1. The van der Waals surface area contributed by atoms with Gasteiger partial charge in [0.15, 0.2) is 0 Å². The van der Waals surface area contributed by atoms with Crippen molar-refractivity contribution < 1.29 is 14.6 Å². The van der Waals surface area contributed by atoms with Crippen LogP contribution >= 0.6 is 11.6 Å². The molecule has 0 aliphatic heterocycles. The number of nitrogens with one attached hydrogen (secondary N) is 2. The molecular weight excluding hydrogens is 432 g/mol. The average molecular weight is 459 g/mol. The maximum atomic E-state index is 12.0. The molecule has 3 aromatic rings. The zero-order chi connectivity index (χ0) is 23.3. The zero-order valence-electron chi connectivity index (χ0n) is 18.5. The van der Waals surface area contributed by atoms with E-state index in [1.165, 1.54) is 7.11 Å². The van der Waals surface area contributed by atoms with Gasteiger partial charge in [0.05, 0.1) is 36.2 Å². The first-order chi connectivity index (χ1) is 15.2. The third kappa shape index (κ3) is 6.18. The highest BCUT2D eigenvalue weighted by atomic mass is 35.5. The van der Waals surface area contributed by atoms with Gasteiger partial charge in [-0.05, 0) is 49.9 Å². The predicted molar refractivity (Wildman–Crippen MR) is 123 cm³/mol. The molecule has 10 heteroatoms. The highest BCUT2D eigenvalue weighted by Crippen LogP contribution is 2.31. The minimum absolute atomic E-state index is 0.203. The molecule has 32 heavy (non-hydrogen) atoms. The number of aromatic nitrogens is 4. The number of anilines is 2. The Kier molecular flexibility index (Phi) is 7.32. The highest BCUT2D eigenvalue weighted by Gasteiger charge is 2.15. The molecule has 0 aliphatic rings. The van der Waals surface area contributed by atoms with Crippen LogP contribution in [0.15, 0.2) is 36.9 Å². The van der Waals surface area contributed by atoms with E-state index in [1.54, 1.807) is 62.5 Å². The van der Waals surface area contributed by atoms with Crippen molar-refractivity contribution in [1.29, 1.82) is 0 Å². The first kappa shape index (κ1) is 23.5. The van der Waals surface area contributed by atoms with Crippen molar-refractivity contribution in [2.75, 3.05) is 19.5 Å². The van der Waals surface area contributed by atoms with Gasteiger partial charge in [0.2, 0.25) is 5.95 Å². The Morgan fingerprint density at radius 2 is 1.94 bits per heavy atom. The first-order valence-corrected chi connectivity index (χ1v) is 10.5. The number of rotatable bonds is 9. The van der Waals surface area contributed by atoms with Crippen LogP contribution in [-0.2, 0) is 19.4 Å². The molecule has 3 N–H and O–H groups in total. The molecule has 0 atom stereocenters. The van der Waals surface area contributed by atoms with Crippen LogP contribution in [-0.4, -0.2) is 50.5 Å². The van der Waals surface area contributed by atoms with E-state index in [4.69, 9.17) is 16.3 Å². The van der Waals surface area contributed by atoms with Gasteiger partial charge >= 0.3 is 0 Å². The van der Waals surface area contributed by atoms with E-state index in [0.29, 0.717) is 41.7 Å². The van der Waals surface area contributed by atoms with Gasteiger partial charge in [-0.2, -0.15) is 5.10 Å². The number of methoxy groups -OCH3 is 1. The number of halogens is 1.